The maximum absolute atomic E-state index is 12.7. The number of aliphatic hydroxyl groups is 12. The molecular weight excluding hydrogens is 865 g/mol. The van der Waals surface area contributed by atoms with E-state index < -0.39 is 141 Å². The zero-order valence-electron chi connectivity index (χ0n) is 40.0. The average molecular weight is 947 g/mol. The lowest BCUT2D eigenvalue weighted by Gasteiger charge is -2.71. The van der Waals surface area contributed by atoms with Gasteiger partial charge in [-0.15, -0.1) is 0 Å². The Balaban J connectivity index is 1.11. The zero-order valence-corrected chi connectivity index (χ0v) is 40.0. The second-order valence-electron chi connectivity index (χ2n) is 22.9. The monoisotopic (exact) mass is 947 g/mol. The summed E-state index contributed by atoms with van der Waals surface area (Å²) in [6, 6.07) is 0. The summed E-state index contributed by atoms with van der Waals surface area (Å²) in [5.74, 6) is 0.173. The lowest BCUT2D eigenvalue weighted by Crippen LogP contribution is -2.69. The van der Waals surface area contributed by atoms with E-state index in [0.717, 1.165) is 37.7 Å². The molecule has 3 heterocycles. The first-order valence-electron chi connectivity index (χ1n) is 24.4. The Hall–Kier alpha value is -0.980. The highest BCUT2D eigenvalue weighted by Crippen LogP contribution is 2.76. The van der Waals surface area contributed by atoms with Gasteiger partial charge in [-0.1, -0.05) is 46.3 Å². The van der Waals surface area contributed by atoms with Crippen molar-refractivity contribution < 1.29 is 89.7 Å². The van der Waals surface area contributed by atoms with Gasteiger partial charge in [-0.2, -0.15) is 0 Å². The second kappa shape index (κ2) is 19.6. The molecule has 3 aliphatic heterocycles. The van der Waals surface area contributed by atoms with Crippen molar-refractivity contribution in [1.29, 1.82) is 0 Å². The largest absolute Gasteiger partial charge is 0.394 e. The molecule has 382 valence electrons. The predicted molar refractivity (Wildman–Crippen MR) is 234 cm³/mol. The predicted octanol–water partition coefficient (Wildman–Crippen LogP) is -0.0268. The molecule has 7 rings (SSSR count). The summed E-state index contributed by atoms with van der Waals surface area (Å²) < 4.78 is 36.6. The fraction of sp³-hybridized carbons (Fsp3) is 0.958. The van der Waals surface area contributed by atoms with Crippen molar-refractivity contribution in [3.8, 4) is 0 Å². The van der Waals surface area contributed by atoms with Gasteiger partial charge in [-0.25, -0.2) is 0 Å². The Morgan fingerprint density at radius 1 is 0.636 bits per heavy atom. The molecule has 7 fully saturated rings. The van der Waals surface area contributed by atoms with E-state index in [1.54, 1.807) is 0 Å². The molecule has 4 saturated carbocycles. The van der Waals surface area contributed by atoms with Crippen molar-refractivity contribution in [1.82, 2.24) is 0 Å². The quantitative estimate of drug-likeness (QED) is 0.0853. The summed E-state index contributed by atoms with van der Waals surface area (Å²) in [5.41, 5.74) is -1.35. The molecule has 0 spiro atoms. The maximum atomic E-state index is 12.7. The third-order valence-electron chi connectivity index (χ3n) is 18.9. The normalized spacial score (nSPS) is 52.4. The first-order valence-corrected chi connectivity index (χ1v) is 24.4. The van der Waals surface area contributed by atoms with Gasteiger partial charge < -0.3 is 89.7 Å². The molecule has 0 aromatic heterocycles. The summed E-state index contributed by atoms with van der Waals surface area (Å²) in [7, 11) is 0. The zero-order chi connectivity index (χ0) is 48.6. The minimum absolute atomic E-state index is 0.0149. The molecule has 4 aliphatic carbocycles. The van der Waals surface area contributed by atoms with Crippen LogP contribution in [-0.4, -0.2) is 191 Å². The van der Waals surface area contributed by atoms with E-state index in [-0.39, 0.29) is 34.5 Å². The SMILES string of the molecule is CC(C)=CCCC(C)(OC1OC(COC2OC(CO)C(O)C(O)C2O)C(O)C(O)C1O)C1CCC2(C)C1CCC1C3(C)CCC(OC4OC(CO)C(O)C(O)C4O)C(C)(C)C3CC(O)C12C. The summed E-state index contributed by atoms with van der Waals surface area (Å²) in [6.45, 7) is 15.6. The number of ether oxygens (including phenoxy) is 6. The first kappa shape index (κ1) is 52.8. The Kier molecular flexibility index (Phi) is 15.7. The Morgan fingerprint density at radius 3 is 1.77 bits per heavy atom. The van der Waals surface area contributed by atoms with Crippen molar-refractivity contribution in [3.63, 3.8) is 0 Å². The van der Waals surface area contributed by atoms with Gasteiger partial charge in [0.2, 0.25) is 0 Å². The van der Waals surface area contributed by atoms with Crippen LogP contribution in [-0.2, 0) is 28.4 Å². The smallest absolute Gasteiger partial charge is 0.187 e. The first-order chi connectivity index (χ1) is 30.8. The van der Waals surface area contributed by atoms with E-state index in [2.05, 4.69) is 40.7 Å². The third-order valence-corrected chi connectivity index (χ3v) is 18.9. The highest BCUT2D eigenvalue weighted by atomic mass is 16.7. The van der Waals surface area contributed by atoms with Crippen molar-refractivity contribution in [2.45, 2.75) is 223 Å². The fourth-order valence-electron chi connectivity index (χ4n) is 14.8. The number of rotatable bonds is 13. The topological polar surface area (TPSA) is 298 Å². The highest BCUT2D eigenvalue weighted by molar-refractivity contribution is 5.21. The molecule has 7 aliphatic rings. The number of fused-ring (bicyclic) bond motifs is 5. The van der Waals surface area contributed by atoms with Crippen LogP contribution in [0.15, 0.2) is 11.6 Å². The summed E-state index contributed by atoms with van der Waals surface area (Å²) in [4.78, 5) is 0. The molecule has 0 aromatic carbocycles. The van der Waals surface area contributed by atoms with Gasteiger partial charge in [-0.3, -0.25) is 0 Å². The molecule has 25 unspecified atom stereocenters. The molecule has 0 bridgehead atoms. The minimum atomic E-state index is -1.70. The van der Waals surface area contributed by atoms with Crippen LogP contribution in [0.25, 0.3) is 0 Å². The minimum Gasteiger partial charge on any atom is -0.394 e. The molecule has 0 aromatic rings. The molecule has 0 amide bonds. The van der Waals surface area contributed by atoms with Gasteiger partial charge in [0.05, 0.1) is 37.6 Å². The van der Waals surface area contributed by atoms with Crippen LogP contribution in [0.2, 0.25) is 0 Å². The number of hydrogen-bond donors (Lipinski definition) is 12. The van der Waals surface area contributed by atoms with E-state index in [0.29, 0.717) is 25.7 Å². The van der Waals surface area contributed by atoms with E-state index in [1.807, 2.05) is 20.8 Å². The molecule has 25 atom stereocenters. The molecule has 0 radical (unpaired) electrons. The third kappa shape index (κ3) is 8.79. The lowest BCUT2D eigenvalue weighted by molar-refractivity contribution is -0.349. The summed E-state index contributed by atoms with van der Waals surface area (Å²) >= 11 is 0. The van der Waals surface area contributed by atoms with E-state index >= 15 is 0 Å². The van der Waals surface area contributed by atoms with E-state index in [4.69, 9.17) is 28.4 Å². The van der Waals surface area contributed by atoms with Crippen LogP contribution < -0.4 is 0 Å². The molecule has 12 N–H and O–H groups in total. The molecular formula is C48H82O18. The standard InChI is InChI=1S/C48H82O18/c1-22(2)10-9-15-47(7,66-43-40(60)37(57)34(54)27(64-43)21-61-41-38(58)35(55)32(52)25(19-49)62-41)24-13-17-46(6)23(24)11-12-28-45(5)16-14-31(44(3,4)29(45)18-30(51)48(28,46)8)65-42-39(59)36(56)33(53)26(20-50)63-42/h10,23-43,49-60H,9,11-21H2,1-8H3. The van der Waals surface area contributed by atoms with Crippen molar-refractivity contribution in [2.24, 2.45) is 45.3 Å². The average Bonchev–Trinajstić information content (AvgIpc) is 3.64. The van der Waals surface area contributed by atoms with Crippen molar-refractivity contribution in [3.05, 3.63) is 11.6 Å². The second-order valence-corrected chi connectivity index (χ2v) is 22.9. The van der Waals surface area contributed by atoms with Crippen LogP contribution in [0.1, 0.15) is 113 Å². The van der Waals surface area contributed by atoms with Gasteiger partial charge in [-0.05, 0) is 118 Å². The van der Waals surface area contributed by atoms with E-state index in [1.165, 1.54) is 0 Å². The Labute approximate surface area is 388 Å². The summed E-state index contributed by atoms with van der Waals surface area (Å²) in [5, 5.41) is 129. The molecule has 3 saturated heterocycles. The summed E-state index contributed by atoms with van der Waals surface area (Å²) in [6.07, 6.45) is -14.8. The molecule has 18 nitrogen and oxygen atoms in total. The van der Waals surface area contributed by atoms with Crippen molar-refractivity contribution >= 4 is 0 Å². The van der Waals surface area contributed by atoms with Gasteiger partial charge in [0.1, 0.15) is 73.2 Å². The lowest BCUT2D eigenvalue weighted by atomic mass is 9.34. The van der Waals surface area contributed by atoms with E-state index in [9.17, 15) is 61.3 Å². The molecule has 18 heteroatoms. The van der Waals surface area contributed by atoms with Gasteiger partial charge >= 0.3 is 0 Å². The number of aliphatic hydroxyl groups excluding tert-OH is 12. The number of hydrogen-bond acceptors (Lipinski definition) is 18. The van der Waals surface area contributed by atoms with Crippen LogP contribution in [0.4, 0.5) is 0 Å². The Morgan fingerprint density at radius 2 is 1.18 bits per heavy atom. The van der Waals surface area contributed by atoms with Crippen molar-refractivity contribution in [2.75, 3.05) is 19.8 Å². The maximum Gasteiger partial charge on any atom is 0.187 e. The molecule has 66 heavy (non-hydrogen) atoms. The Bertz CT molecular complexity index is 1680. The van der Waals surface area contributed by atoms with Crippen LogP contribution in [0.5, 0.6) is 0 Å². The highest BCUT2D eigenvalue weighted by Gasteiger charge is 2.73. The fourth-order valence-corrected chi connectivity index (χ4v) is 14.8. The van der Waals surface area contributed by atoms with Crippen LogP contribution in [0.3, 0.4) is 0 Å². The van der Waals surface area contributed by atoms with Crippen LogP contribution in [0, 0.1) is 45.3 Å². The number of allylic oxidation sites excluding steroid dienone is 2. The van der Waals surface area contributed by atoms with Crippen LogP contribution >= 0.6 is 0 Å². The van der Waals surface area contributed by atoms with Gasteiger partial charge in [0, 0.05) is 5.41 Å². The van der Waals surface area contributed by atoms with Gasteiger partial charge in [0.25, 0.3) is 0 Å². The van der Waals surface area contributed by atoms with Gasteiger partial charge in [0.15, 0.2) is 18.9 Å².